The Morgan fingerprint density at radius 2 is 2.19 bits per heavy atom. The third-order valence-electron chi connectivity index (χ3n) is 4.03. The zero-order chi connectivity index (χ0) is 15.3. The average Bonchev–Trinajstić information content (AvgIpc) is 2.91. The number of rotatable bonds is 6. The number of amides is 1. The molecule has 116 valence electrons. The van der Waals surface area contributed by atoms with Crippen molar-refractivity contribution in [3.05, 3.63) is 24.0 Å². The van der Waals surface area contributed by atoms with E-state index in [1.165, 1.54) is 0 Å². The Labute approximate surface area is 126 Å². The van der Waals surface area contributed by atoms with Gasteiger partial charge in [-0.15, -0.1) is 0 Å². The van der Waals surface area contributed by atoms with Crippen LogP contribution in [0.3, 0.4) is 0 Å². The van der Waals surface area contributed by atoms with E-state index >= 15 is 0 Å². The molecule has 1 saturated carbocycles. The van der Waals surface area contributed by atoms with E-state index in [4.69, 9.17) is 0 Å². The number of anilines is 1. The van der Waals surface area contributed by atoms with Crippen molar-refractivity contribution in [2.75, 3.05) is 25.5 Å². The minimum Gasteiger partial charge on any atom is -0.388 e. The van der Waals surface area contributed by atoms with E-state index in [9.17, 15) is 9.90 Å². The molecular weight excluding hydrogens is 266 g/mol. The molecule has 0 spiro atoms. The Morgan fingerprint density at radius 1 is 1.48 bits per heavy atom. The summed E-state index contributed by atoms with van der Waals surface area (Å²) in [7, 11) is 1.75. The second-order valence-corrected chi connectivity index (χ2v) is 5.94. The molecule has 1 aliphatic rings. The standard InChI is InChI=1S/C16H25N3O2/c1-3-9-18-14-11-17-10-6-13(14)15(20)19(2)12-16(21)7-4-5-8-16/h6,10-11,18,21H,3-5,7-9,12H2,1-2H3. The van der Waals surface area contributed by atoms with Crippen molar-refractivity contribution < 1.29 is 9.90 Å². The molecule has 5 heteroatoms. The molecule has 0 aliphatic heterocycles. The molecule has 0 saturated heterocycles. The van der Waals surface area contributed by atoms with Gasteiger partial charge in [0.15, 0.2) is 0 Å². The minimum absolute atomic E-state index is 0.0728. The molecule has 1 aromatic heterocycles. The van der Waals surface area contributed by atoms with Crippen LogP contribution < -0.4 is 5.32 Å². The molecule has 1 heterocycles. The van der Waals surface area contributed by atoms with E-state index in [1.807, 2.05) is 0 Å². The van der Waals surface area contributed by atoms with Crippen molar-refractivity contribution in [1.29, 1.82) is 0 Å². The molecule has 1 aromatic rings. The lowest BCUT2D eigenvalue weighted by Gasteiger charge is -2.29. The lowest BCUT2D eigenvalue weighted by molar-refractivity contribution is 0.0157. The highest BCUT2D eigenvalue weighted by molar-refractivity contribution is 5.99. The van der Waals surface area contributed by atoms with Crippen molar-refractivity contribution >= 4 is 11.6 Å². The third kappa shape index (κ3) is 3.94. The fraction of sp³-hybridized carbons (Fsp3) is 0.625. The van der Waals surface area contributed by atoms with Crippen LogP contribution in [0.5, 0.6) is 0 Å². The normalized spacial score (nSPS) is 16.7. The molecule has 1 fully saturated rings. The Bertz CT molecular complexity index is 484. The van der Waals surface area contributed by atoms with Crippen LogP contribution in [0.1, 0.15) is 49.4 Å². The van der Waals surface area contributed by atoms with Crippen molar-refractivity contribution in [3.63, 3.8) is 0 Å². The summed E-state index contributed by atoms with van der Waals surface area (Å²) in [5.74, 6) is -0.0728. The summed E-state index contributed by atoms with van der Waals surface area (Å²) in [6, 6.07) is 1.73. The van der Waals surface area contributed by atoms with Gasteiger partial charge in [0, 0.05) is 26.3 Å². The second kappa shape index (κ2) is 6.89. The predicted molar refractivity (Wildman–Crippen MR) is 83.4 cm³/mol. The van der Waals surface area contributed by atoms with Gasteiger partial charge in [-0.25, -0.2) is 0 Å². The third-order valence-corrected chi connectivity index (χ3v) is 4.03. The van der Waals surface area contributed by atoms with E-state index in [0.29, 0.717) is 12.1 Å². The monoisotopic (exact) mass is 291 g/mol. The summed E-state index contributed by atoms with van der Waals surface area (Å²) in [4.78, 5) is 18.3. The van der Waals surface area contributed by atoms with E-state index in [2.05, 4.69) is 17.2 Å². The van der Waals surface area contributed by atoms with Crippen molar-refractivity contribution in [3.8, 4) is 0 Å². The maximum atomic E-state index is 12.6. The molecular formula is C16H25N3O2. The zero-order valence-electron chi connectivity index (χ0n) is 12.9. The van der Waals surface area contributed by atoms with E-state index in [1.54, 1.807) is 30.4 Å². The number of carbonyl (C=O) groups is 1. The number of aliphatic hydroxyl groups is 1. The molecule has 0 radical (unpaired) electrons. The smallest absolute Gasteiger partial charge is 0.255 e. The van der Waals surface area contributed by atoms with Gasteiger partial charge >= 0.3 is 0 Å². The number of likely N-dealkylation sites (N-methyl/N-ethyl adjacent to an activating group) is 1. The Balaban J connectivity index is 2.08. The van der Waals surface area contributed by atoms with Gasteiger partial charge in [-0.1, -0.05) is 19.8 Å². The summed E-state index contributed by atoms with van der Waals surface area (Å²) >= 11 is 0. The second-order valence-electron chi connectivity index (χ2n) is 5.94. The predicted octanol–water partition coefficient (Wildman–Crippen LogP) is 2.28. The lowest BCUT2D eigenvalue weighted by atomic mass is 10.0. The highest BCUT2D eigenvalue weighted by Gasteiger charge is 2.33. The number of hydrogen-bond acceptors (Lipinski definition) is 4. The first-order chi connectivity index (χ1) is 10.1. The summed E-state index contributed by atoms with van der Waals surface area (Å²) in [5, 5.41) is 13.7. The topological polar surface area (TPSA) is 65.5 Å². The van der Waals surface area contributed by atoms with Gasteiger partial charge in [0.2, 0.25) is 0 Å². The van der Waals surface area contributed by atoms with Crippen LogP contribution in [0.4, 0.5) is 5.69 Å². The van der Waals surface area contributed by atoms with Gasteiger partial charge in [-0.05, 0) is 25.3 Å². The van der Waals surface area contributed by atoms with Gasteiger partial charge < -0.3 is 15.3 Å². The molecule has 21 heavy (non-hydrogen) atoms. The first kappa shape index (κ1) is 15.8. The van der Waals surface area contributed by atoms with Crippen LogP contribution in [0.15, 0.2) is 18.5 Å². The molecule has 0 unspecified atom stereocenters. The SMILES string of the molecule is CCCNc1cnccc1C(=O)N(C)CC1(O)CCCC1. The number of hydrogen-bond donors (Lipinski definition) is 2. The van der Waals surface area contributed by atoms with Crippen molar-refractivity contribution in [2.45, 2.75) is 44.6 Å². The van der Waals surface area contributed by atoms with Crippen molar-refractivity contribution in [1.82, 2.24) is 9.88 Å². The van der Waals surface area contributed by atoms with Crippen LogP contribution >= 0.6 is 0 Å². The maximum absolute atomic E-state index is 12.6. The largest absolute Gasteiger partial charge is 0.388 e. The number of aromatic nitrogens is 1. The number of nitrogens with zero attached hydrogens (tertiary/aromatic N) is 2. The van der Waals surface area contributed by atoms with E-state index in [0.717, 1.165) is 44.3 Å². The van der Waals surface area contributed by atoms with Gasteiger partial charge in [0.05, 0.1) is 23.0 Å². The van der Waals surface area contributed by atoms with Crippen LogP contribution in [-0.4, -0.2) is 46.6 Å². The summed E-state index contributed by atoms with van der Waals surface area (Å²) < 4.78 is 0. The van der Waals surface area contributed by atoms with Gasteiger partial charge in [0.25, 0.3) is 5.91 Å². The molecule has 5 nitrogen and oxygen atoms in total. The highest BCUT2D eigenvalue weighted by Crippen LogP contribution is 2.30. The van der Waals surface area contributed by atoms with E-state index < -0.39 is 5.60 Å². The fourth-order valence-electron chi connectivity index (χ4n) is 2.89. The van der Waals surface area contributed by atoms with Crippen molar-refractivity contribution in [2.24, 2.45) is 0 Å². The first-order valence-corrected chi connectivity index (χ1v) is 7.71. The Hall–Kier alpha value is -1.62. The highest BCUT2D eigenvalue weighted by atomic mass is 16.3. The molecule has 1 aliphatic carbocycles. The number of pyridine rings is 1. The lowest BCUT2D eigenvalue weighted by Crippen LogP contribution is -2.42. The number of carbonyl (C=O) groups excluding carboxylic acids is 1. The molecule has 0 atom stereocenters. The summed E-state index contributed by atoms with van der Waals surface area (Å²) in [6.45, 7) is 3.27. The molecule has 0 aromatic carbocycles. The first-order valence-electron chi connectivity index (χ1n) is 7.71. The molecule has 2 rings (SSSR count). The van der Waals surface area contributed by atoms with Crippen LogP contribution in [0.25, 0.3) is 0 Å². The molecule has 0 bridgehead atoms. The van der Waals surface area contributed by atoms with Crippen LogP contribution in [0, 0.1) is 0 Å². The van der Waals surface area contributed by atoms with Crippen LogP contribution in [-0.2, 0) is 0 Å². The fourth-order valence-corrected chi connectivity index (χ4v) is 2.89. The number of nitrogens with one attached hydrogen (secondary N) is 1. The molecule has 2 N–H and O–H groups in total. The van der Waals surface area contributed by atoms with Gasteiger partial charge in [0.1, 0.15) is 0 Å². The van der Waals surface area contributed by atoms with E-state index in [-0.39, 0.29) is 5.91 Å². The van der Waals surface area contributed by atoms with Gasteiger partial charge in [-0.2, -0.15) is 0 Å². The zero-order valence-corrected chi connectivity index (χ0v) is 12.9. The quantitative estimate of drug-likeness (QED) is 0.844. The summed E-state index contributed by atoms with van der Waals surface area (Å²) in [5.41, 5.74) is 0.659. The Morgan fingerprint density at radius 3 is 2.86 bits per heavy atom. The molecule has 1 amide bonds. The van der Waals surface area contributed by atoms with Gasteiger partial charge in [-0.3, -0.25) is 9.78 Å². The Kier molecular flexibility index (Phi) is 5.17. The maximum Gasteiger partial charge on any atom is 0.255 e. The summed E-state index contributed by atoms with van der Waals surface area (Å²) in [6.07, 6.45) is 7.93. The average molecular weight is 291 g/mol. The minimum atomic E-state index is -0.714. The van der Waals surface area contributed by atoms with Crippen LogP contribution in [0.2, 0.25) is 0 Å².